The first-order valence-electron chi connectivity index (χ1n) is 24.3. The van der Waals surface area contributed by atoms with Gasteiger partial charge in [-0.05, 0) is 51.4 Å². The van der Waals surface area contributed by atoms with E-state index in [4.69, 9.17) is 18.5 Å². The van der Waals surface area contributed by atoms with E-state index in [1.165, 1.54) is 103 Å². The molecule has 0 bridgehead atoms. The maximum absolute atomic E-state index is 12.7. The third-order valence-electron chi connectivity index (χ3n) is 10.4. The lowest BCUT2D eigenvalue weighted by Crippen LogP contribution is -2.37. The number of nitrogens with zero attached hydrogens (tertiary/aromatic N) is 1. The van der Waals surface area contributed by atoms with Crippen molar-refractivity contribution >= 4 is 19.8 Å². The molecule has 2 atom stereocenters. The molecule has 0 aromatic rings. The van der Waals surface area contributed by atoms with Gasteiger partial charge in [0.1, 0.15) is 19.8 Å². The van der Waals surface area contributed by atoms with E-state index in [2.05, 4.69) is 62.5 Å². The SMILES string of the molecule is CC/C=C\C/C=C\C/C=C\C/C=C\CCCCCCC(=O)O[C@H](COC(=O)CCCCCCCCCCCCCCCCCCCCC)COP(=O)([O-])OCC[N+](C)(C)C. The highest BCUT2D eigenvalue weighted by atomic mass is 31.2. The first-order chi connectivity index (χ1) is 29.0. The molecule has 10 heteroatoms. The van der Waals surface area contributed by atoms with Crippen molar-refractivity contribution < 1.29 is 42.1 Å². The Morgan fingerprint density at radius 2 is 0.950 bits per heavy atom. The highest BCUT2D eigenvalue weighted by Crippen LogP contribution is 2.38. The molecular formula is C50H92NO8P. The molecule has 60 heavy (non-hydrogen) atoms. The number of carbonyl (C=O) groups excluding carboxylic acids is 2. The van der Waals surface area contributed by atoms with Crippen LogP contribution in [0, 0.1) is 0 Å². The van der Waals surface area contributed by atoms with Gasteiger partial charge in [0.25, 0.3) is 7.82 Å². The topological polar surface area (TPSA) is 111 Å². The summed E-state index contributed by atoms with van der Waals surface area (Å²) in [5, 5.41) is 0. The van der Waals surface area contributed by atoms with Gasteiger partial charge in [0, 0.05) is 12.8 Å². The van der Waals surface area contributed by atoms with Gasteiger partial charge in [-0.3, -0.25) is 14.2 Å². The Kier molecular flexibility index (Phi) is 40.8. The summed E-state index contributed by atoms with van der Waals surface area (Å²) in [4.78, 5) is 37.6. The number of allylic oxidation sites excluding steroid dienone is 8. The van der Waals surface area contributed by atoms with Crippen LogP contribution in [-0.2, 0) is 32.7 Å². The van der Waals surface area contributed by atoms with Gasteiger partial charge < -0.3 is 27.9 Å². The lowest BCUT2D eigenvalue weighted by molar-refractivity contribution is -0.870. The molecule has 0 N–H and O–H groups in total. The van der Waals surface area contributed by atoms with Crippen LogP contribution in [0.2, 0.25) is 0 Å². The molecule has 0 fully saturated rings. The molecular weight excluding hydrogens is 774 g/mol. The minimum Gasteiger partial charge on any atom is -0.756 e. The van der Waals surface area contributed by atoms with Crippen molar-refractivity contribution in [3.63, 3.8) is 0 Å². The molecule has 0 aliphatic rings. The fraction of sp³-hybridized carbons (Fsp3) is 0.800. The third-order valence-corrected chi connectivity index (χ3v) is 11.3. The van der Waals surface area contributed by atoms with Crippen molar-refractivity contribution in [3.8, 4) is 0 Å². The minimum atomic E-state index is -4.63. The second-order valence-corrected chi connectivity index (χ2v) is 18.9. The maximum atomic E-state index is 12.7. The van der Waals surface area contributed by atoms with Gasteiger partial charge in [-0.15, -0.1) is 0 Å². The highest BCUT2D eigenvalue weighted by molar-refractivity contribution is 7.45. The molecule has 0 rings (SSSR count). The Hall–Kier alpha value is -2.03. The van der Waals surface area contributed by atoms with Gasteiger partial charge in [-0.25, -0.2) is 0 Å². The zero-order chi connectivity index (χ0) is 44.3. The number of phosphoric acid groups is 1. The van der Waals surface area contributed by atoms with Crippen LogP contribution in [0.3, 0.4) is 0 Å². The lowest BCUT2D eigenvalue weighted by atomic mass is 10.0. The number of rotatable bonds is 44. The van der Waals surface area contributed by atoms with Crippen LogP contribution in [0.1, 0.15) is 206 Å². The number of likely N-dealkylation sites (N-methyl/N-ethyl adjacent to an activating group) is 1. The van der Waals surface area contributed by atoms with Crippen LogP contribution in [-0.4, -0.2) is 70.0 Å². The zero-order valence-electron chi connectivity index (χ0n) is 39.4. The van der Waals surface area contributed by atoms with E-state index < -0.39 is 26.5 Å². The molecule has 0 spiro atoms. The van der Waals surface area contributed by atoms with E-state index in [9.17, 15) is 19.0 Å². The Morgan fingerprint density at radius 3 is 1.42 bits per heavy atom. The molecule has 0 saturated heterocycles. The summed E-state index contributed by atoms with van der Waals surface area (Å²) >= 11 is 0. The quantitative estimate of drug-likeness (QED) is 0.0196. The standard InChI is InChI=1S/C50H92NO8P/c1-6-8-10-12-14-16-18-20-22-24-25-27-28-30-32-34-36-38-40-42-49(52)56-46-48(47-58-60(54,55)57-45-44-51(3,4)5)59-50(53)43-41-39-37-35-33-31-29-26-23-21-19-17-15-13-11-9-7-2/h9,11,15,17,21,23,29,31,48H,6-8,10,12-14,16,18-20,22,24-28,30,32-47H2,1-5H3/b11-9-,17-15-,23-21-,31-29-/t48-/m1/s1. The molecule has 0 aliphatic heterocycles. The van der Waals surface area contributed by atoms with Crippen LogP contribution in [0.25, 0.3) is 0 Å². The smallest absolute Gasteiger partial charge is 0.306 e. The first kappa shape index (κ1) is 58.0. The van der Waals surface area contributed by atoms with E-state index in [-0.39, 0.29) is 32.0 Å². The third kappa shape index (κ3) is 45.5. The summed E-state index contributed by atoms with van der Waals surface area (Å²) < 4.78 is 34.0. The van der Waals surface area contributed by atoms with E-state index in [0.717, 1.165) is 70.6 Å². The van der Waals surface area contributed by atoms with Crippen LogP contribution in [0.15, 0.2) is 48.6 Å². The molecule has 0 aliphatic carbocycles. The van der Waals surface area contributed by atoms with Crippen molar-refractivity contribution in [2.75, 3.05) is 47.5 Å². The fourth-order valence-electron chi connectivity index (χ4n) is 6.59. The molecule has 0 radical (unpaired) electrons. The van der Waals surface area contributed by atoms with E-state index in [1.807, 2.05) is 21.1 Å². The Bertz CT molecular complexity index is 1160. The number of hydrogen-bond acceptors (Lipinski definition) is 8. The maximum Gasteiger partial charge on any atom is 0.306 e. The highest BCUT2D eigenvalue weighted by Gasteiger charge is 2.21. The average Bonchev–Trinajstić information content (AvgIpc) is 3.20. The predicted molar refractivity (Wildman–Crippen MR) is 250 cm³/mol. The Morgan fingerprint density at radius 1 is 0.533 bits per heavy atom. The van der Waals surface area contributed by atoms with E-state index in [1.54, 1.807) is 0 Å². The largest absolute Gasteiger partial charge is 0.756 e. The second kappa shape index (κ2) is 42.3. The number of quaternary nitrogens is 1. The van der Waals surface area contributed by atoms with Crippen molar-refractivity contribution in [2.45, 2.75) is 213 Å². The van der Waals surface area contributed by atoms with Gasteiger partial charge in [0.2, 0.25) is 0 Å². The fourth-order valence-corrected chi connectivity index (χ4v) is 7.32. The molecule has 0 saturated carbocycles. The molecule has 0 aromatic heterocycles. The molecule has 0 heterocycles. The first-order valence-corrected chi connectivity index (χ1v) is 25.8. The summed E-state index contributed by atoms with van der Waals surface area (Å²) in [5.74, 6) is -0.857. The van der Waals surface area contributed by atoms with Crippen molar-refractivity contribution in [3.05, 3.63) is 48.6 Å². The molecule has 0 amide bonds. The molecule has 0 aromatic carbocycles. The monoisotopic (exact) mass is 866 g/mol. The predicted octanol–water partition coefficient (Wildman–Crippen LogP) is 13.6. The number of ether oxygens (including phenoxy) is 2. The van der Waals surface area contributed by atoms with Gasteiger partial charge in [0.15, 0.2) is 6.10 Å². The molecule has 350 valence electrons. The van der Waals surface area contributed by atoms with Crippen molar-refractivity contribution in [1.82, 2.24) is 0 Å². The van der Waals surface area contributed by atoms with E-state index >= 15 is 0 Å². The molecule has 1 unspecified atom stereocenters. The summed E-state index contributed by atoms with van der Waals surface area (Å²) in [5.41, 5.74) is 0. The van der Waals surface area contributed by atoms with Crippen LogP contribution >= 0.6 is 7.82 Å². The molecule has 9 nitrogen and oxygen atoms in total. The minimum absolute atomic E-state index is 0.0363. The summed E-state index contributed by atoms with van der Waals surface area (Å²) in [6.45, 7) is 4.11. The van der Waals surface area contributed by atoms with Crippen molar-refractivity contribution in [1.29, 1.82) is 0 Å². The number of phosphoric ester groups is 1. The number of carbonyl (C=O) groups is 2. The van der Waals surface area contributed by atoms with Gasteiger partial charge >= 0.3 is 11.9 Å². The van der Waals surface area contributed by atoms with Crippen molar-refractivity contribution in [2.24, 2.45) is 0 Å². The average molecular weight is 866 g/mol. The van der Waals surface area contributed by atoms with Gasteiger partial charge in [0.05, 0.1) is 27.7 Å². The Balaban J connectivity index is 4.31. The van der Waals surface area contributed by atoms with Gasteiger partial charge in [-0.2, -0.15) is 0 Å². The van der Waals surface area contributed by atoms with Crippen LogP contribution in [0.5, 0.6) is 0 Å². The van der Waals surface area contributed by atoms with Crippen LogP contribution < -0.4 is 4.89 Å². The lowest BCUT2D eigenvalue weighted by Gasteiger charge is -2.28. The number of esters is 2. The Labute approximate surface area is 369 Å². The van der Waals surface area contributed by atoms with E-state index in [0.29, 0.717) is 17.4 Å². The second-order valence-electron chi connectivity index (χ2n) is 17.5. The van der Waals surface area contributed by atoms with Crippen LogP contribution in [0.4, 0.5) is 0 Å². The summed E-state index contributed by atoms with van der Waals surface area (Å²) in [6, 6.07) is 0. The van der Waals surface area contributed by atoms with Gasteiger partial charge in [-0.1, -0.05) is 191 Å². The number of unbranched alkanes of at least 4 members (excludes halogenated alkanes) is 22. The summed E-state index contributed by atoms with van der Waals surface area (Å²) in [6.07, 6.45) is 50.0. The zero-order valence-corrected chi connectivity index (χ0v) is 40.3. The summed E-state index contributed by atoms with van der Waals surface area (Å²) in [7, 11) is 1.15. The normalized spacial score (nSPS) is 13.9. The number of hydrogen-bond donors (Lipinski definition) is 0.